The quantitative estimate of drug-likeness (QED) is 0.641. The molecule has 0 saturated carbocycles. The topological polar surface area (TPSA) is 105 Å². The van der Waals surface area contributed by atoms with Crippen molar-refractivity contribution in [1.29, 1.82) is 10.5 Å². The number of hydrogen-bond acceptors (Lipinski definition) is 6. The van der Waals surface area contributed by atoms with E-state index in [1.165, 1.54) is 24.4 Å². The number of nitrogens with zero attached hydrogens (tertiary/aromatic N) is 3. The molecule has 6 nitrogen and oxygen atoms in total. The highest BCUT2D eigenvalue weighted by molar-refractivity contribution is 6.39. The Morgan fingerprint density at radius 2 is 1.52 bits per heavy atom. The van der Waals surface area contributed by atoms with Crippen molar-refractivity contribution in [2.75, 3.05) is 5.73 Å². The number of anilines is 1. The summed E-state index contributed by atoms with van der Waals surface area (Å²) in [4.78, 5) is 4.01. The number of benzene rings is 2. The molecule has 0 amide bonds. The standard InChI is InChI=1S/C19H10Cl2N4O2/c20-16-10-25-19(17(21)18(16)24)27-14-3-1-2-13(7-14)26-15-5-11(8-22)4-12(6-15)9-23/h1-7,10H,(H2,24,25). The van der Waals surface area contributed by atoms with Gasteiger partial charge >= 0.3 is 0 Å². The van der Waals surface area contributed by atoms with Crippen molar-refractivity contribution >= 4 is 28.9 Å². The van der Waals surface area contributed by atoms with Gasteiger partial charge in [0.15, 0.2) is 0 Å². The zero-order valence-electron chi connectivity index (χ0n) is 13.6. The summed E-state index contributed by atoms with van der Waals surface area (Å²) >= 11 is 12.0. The van der Waals surface area contributed by atoms with Crippen LogP contribution in [0.15, 0.2) is 48.7 Å². The average molecular weight is 397 g/mol. The van der Waals surface area contributed by atoms with Crippen molar-refractivity contribution in [1.82, 2.24) is 4.98 Å². The Labute approximate surface area is 164 Å². The van der Waals surface area contributed by atoms with E-state index in [9.17, 15) is 0 Å². The lowest BCUT2D eigenvalue weighted by Crippen LogP contribution is -1.95. The maximum absolute atomic E-state index is 9.05. The van der Waals surface area contributed by atoms with Gasteiger partial charge in [0.05, 0.1) is 40.2 Å². The van der Waals surface area contributed by atoms with Crippen molar-refractivity contribution in [3.05, 3.63) is 69.8 Å². The summed E-state index contributed by atoms with van der Waals surface area (Å²) < 4.78 is 11.4. The van der Waals surface area contributed by atoms with Crippen molar-refractivity contribution in [2.24, 2.45) is 0 Å². The van der Waals surface area contributed by atoms with E-state index in [0.29, 0.717) is 28.4 Å². The summed E-state index contributed by atoms with van der Waals surface area (Å²) in [7, 11) is 0. The van der Waals surface area contributed by atoms with Crippen LogP contribution in [0.25, 0.3) is 0 Å². The van der Waals surface area contributed by atoms with Gasteiger partial charge in [0.25, 0.3) is 0 Å². The van der Waals surface area contributed by atoms with Gasteiger partial charge in [-0.1, -0.05) is 29.3 Å². The molecule has 0 bridgehead atoms. The molecule has 0 unspecified atom stereocenters. The van der Waals surface area contributed by atoms with Crippen LogP contribution in [0.5, 0.6) is 23.1 Å². The van der Waals surface area contributed by atoms with E-state index >= 15 is 0 Å². The molecule has 0 aliphatic rings. The van der Waals surface area contributed by atoms with E-state index in [-0.39, 0.29) is 21.6 Å². The molecule has 0 spiro atoms. The Kier molecular flexibility index (Phi) is 5.33. The highest BCUT2D eigenvalue weighted by Gasteiger charge is 2.12. The lowest BCUT2D eigenvalue weighted by molar-refractivity contribution is 0.449. The molecule has 27 heavy (non-hydrogen) atoms. The minimum absolute atomic E-state index is 0.106. The molecule has 0 fully saturated rings. The zero-order valence-corrected chi connectivity index (χ0v) is 15.1. The van der Waals surface area contributed by atoms with Crippen LogP contribution in [0, 0.1) is 22.7 Å². The van der Waals surface area contributed by atoms with Gasteiger partial charge in [0.2, 0.25) is 5.88 Å². The third-order valence-corrected chi connectivity index (χ3v) is 4.06. The predicted molar refractivity (Wildman–Crippen MR) is 101 cm³/mol. The fourth-order valence-corrected chi connectivity index (χ4v) is 2.55. The van der Waals surface area contributed by atoms with E-state index in [2.05, 4.69) is 4.98 Å². The second-order valence-corrected chi connectivity index (χ2v) is 6.07. The highest BCUT2D eigenvalue weighted by atomic mass is 35.5. The Balaban J connectivity index is 1.86. The Morgan fingerprint density at radius 3 is 2.15 bits per heavy atom. The fourth-order valence-electron chi connectivity index (χ4n) is 2.17. The zero-order chi connectivity index (χ0) is 19.4. The van der Waals surface area contributed by atoms with Gasteiger partial charge in [0.1, 0.15) is 22.3 Å². The van der Waals surface area contributed by atoms with E-state index < -0.39 is 0 Å². The summed E-state index contributed by atoms with van der Waals surface area (Å²) in [5, 5.41) is 18.4. The Hall–Kier alpha value is -3.45. The van der Waals surface area contributed by atoms with Crippen LogP contribution in [-0.2, 0) is 0 Å². The van der Waals surface area contributed by atoms with E-state index in [1.54, 1.807) is 24.3 Å². The lowest BCUT2D eigenvalue weighted by Gasteiger charge is -2.11. The van der Waals surface area contributed by atoms with Crippen LogP contribution in [0.2, 0.25) is 10.0 Å². The normalized spacial score (nSPS) is 9.93. The molecule has 0 aliphatic carbocycles. The predicted octanol–water partition coefficient (Wildman–Crippen LogP) is 5.30. The van der Waals surface area contributed by atoms with Gasteiger partial charge in [-0.3, -0.25) is 0 Å². The molecule has 0 saturated heterocycles. The highest BCUT2D eigenvalue weighted by Crippen LogP contribution is 2.36. The van der Waals surface area contributed by atoms with E-state index in [4.69, 9.17) is 48.9 Å². The van der Waals surface area contributed by atoms with Gasteiger partial charge < -0.3 is 15.2 Å². The minimum Gasteiger partial charge on any atom is -0.457 e. The van der Waals surface area contributed by atoms with Gasteiger partial charge in [-0.05, 0) is 30.3 Å². The molecule has 132 valence electrons. The Bertz CT molecular complexity index is 1070. The van der Waals surface area contributed by atoms with Crippen molar-refractivity contribution in [2.45, 2.75) is 0 Å². The number of nitrogens with two attached hydrogens (primary N) is 1. The van der Waals surface area contributed by atoms with Gasteiger partial charge in [-0.15, -0.1) is 0 Å². The molecule has 0 atom stereocenters. The first-order valence-electron chi connectivity index (χ1n) is 7.50. The number of ether oxygens (including phenoxy) is 2. The molecule has 0 aliphatic heterocycles. The number of hydrogen-bond donors (Lipinski definition) is 1. The van der Waals surface area contributed by atoms with E-state index in [0.717, 1.165) is 0 Å². The van der Waals surface area contributed by atoms with Crippen molar-refractivity contribution < 1.29 is 9.47 Å². The molecular weight excluding hydrogens is 387 g/mol. The molecular formula is C19H10Cl2N4O2. The van der Waals surface area contributed by atoms with E-state index in [1.807, 2.05) is 12.1 Å². The molecule has 1 heterocycles. The lowest BCUT2D eigenvalue weighted by atomic mass is 10.1. The number of rotatable bonds is 4. The third-order valence-electron chi connectivity index (χ3n) is 3.40. The fraction of sp³-hybridized carbons (Fsp3) is 0. The van der Waals surface area contributed by atoms with Crippen LogP contribution >= 0.6 is 23.2 Å². The van der Waals surface area contributed by atoms with Crippen LogP contribution in [0.4, 0.5) is 5.69 Å². The first-order chi connectivity index (χ1) is 13.0. The summed E-state index contributed by atoms with van der Waals surface area (Å²) in [6, 6.07) is 15.2. The van der Waals surface area contributed by atoms with Gasteiger partial charge in [-0.25, -0.2) is 4.98 Å². The molecule has 2 aromatic carbocycles. The first-order valence-corrected chi connectivity index (χ1v) is 8.26. The molecule has 3 rings (SSSR count). The smallest absolute Gasteiger partial charge is 0.240 e. The third kappa shape index (κ3) is 4.21. The first kappa shape index (κ1) is 18.3. The van der Waals surface area contributed by atoms with Crippen molar-refractivity contribution in [3.8, 4) is 35.3 Å². The second kappa shape index (κ2) is 7.84. The maximum atomic E-state index is 9.05. The molecule has 0 radical (unpaired) electrons. The maximum Gasteiger partial charge on any atom is 0.240 e. The number of aromatic nitrogens is 1. The van der Waals surface area contributed by atoms with Crippen molar-refractivity contribution in [3.63, 3.8) is 0 Å². The molecule has 2 N–H and O–H groups in total. The second-order valence-electron chi connectivity index (χ2n) is 5.29. The summed E-state index contributed by atoms with van der Waals surface area (Å²) in [6.07, 6.45) is 1.34. The summed E-state index contributed by atoms with van der Waals surface area (Å²) in [5.74, 6) is 1.30. The monoisotopic (exact) mass is 396 g/mol. The van der Waals surface area contributed by atoms with Gasteiger partial charge in [-0.2, -0.15) is 10.5 Å². The van der Waals surface area contributed by atoms with Crippen LogP contribution in [0.1, 0.15) is 11.1 Å². The summed E-state index contributed by atoms with van der Waals surface area (Å²) in [5.41, 5.74) is 6.58. The SMILES string of the molecule is N#Cc1cc(C#N)cc(Oc2cccc(Oc3ncc(Cl)c(N)c3Cl)c2)c1. The molecule has 8 heteroatoms. The number of pyridine rings is 1. The summed E-state index contributed by atoms with van der Waals surface area (Å²) in [6.45, 7) is 0. The Morgan fingerprint density at radius 1 is 0.889 bits per heavy atom. The number of nitrogen functional groups attached to an aromatic ring is 1. The van der Waals surface area contributed by atoms with Crippen LogP contribution in [-0.4, -0.2) is 4.98 Å². The molecule has 1 aromatic heterocycles. The van der Waals surface area contributed by atoms with Crippen LogP contribution in [0.3, 0.4) is 0 Å². The molecule has 3 aromatic rings. The van der Waals surface area contributed by atoms with Crippen LogP contribution < -0.4 is 15.2 Å². The largest absolute Gasteiger partial charge is 0.457 e. The minimum atomic E-state index is 0.106. The average Bonchev–Trinajstić information content (AvgIpc) is 2.68. The van der Waals surface area contributed by atoms with Gasteiger partial charge in [0, 0.05) is 6.07 Å². The number of nitriles is 2. The number of halogens is 2.